The Morgan fingerprint density at radius 3 is 0.333 bits per heavy atom. The molecule has 0 atom stereocenters. The number of hydrogen-bond donors (Lipinski definition) is 0. The molecule has 0 aromatic rings. The van der Waals surface area contributed by atoms with Gasteiger partial charge in [0.25, 0.3) is 0 Å². The summed E-state index contributed by atoms with van der Waals surface area (Å²) in [6.07, 6.45) is 0. The summed E-state index contributed by atoms with van der Waals surface area (Å²) >= 11 is 0. The molecule has 0 spiro atoms. The van der Waals surface area contributed by atoms with Crippen LogP contribution in [-0.2, 0) is 16.8 Å². The molecule has 0 unspecified atom stereocenters. The molecule has 0 aliphatic heterocycles. The van der Waals surface area contributed by atoms with E-state index in [1.54, 1.807) is 0 Å². The van der Waals surface area contributed by atoms with Gasteiger partial charge in [-0.2, -0.15) is 0 Å². The van der Waals surface area contributed by atoms with E-state index >= 15 is 0 Å². The van der Waals surface area contributed by atoms with Gasteiger partial charge in [0.1, 0.15) is 0 Å². The third-order valence-corrected chi connectivity index (χ3v) is 0. The third kappa shape index (κ3) is 19100. The molecular weight excluding hydrogens is 193 g/mol. The van der Waals surface area contributed by atoms with Crippen molar-refractivity contribution in [3.05, 3.63) is 0 Å². The van der Waals surface area contributed by atoms with Gasteiger partial charge in [0.15, 0.2) is 0 Å². The van der Waals surface area contributed by atoms with Crippen molar-refractivity contribution in [1.82, 2.24) is 0 Å². The molecular formula is H12CoF2O6. The number of rotatable bonds is 0. The minimum absolute atomic E-state index is 0. The largest absolute Gasteiger partial charge is 2.00 e. The molecule has 0 saturated heterocycles. The average molecular weight is 205 g/mol. The monoisotopic (exact) mass is 205 g/mol. The summed E-state index contributed by atoms with van der Waals surface area (Å²) in [5.74, 6) is 0. The van der Waals surface area contributed by atoms with E-state index in [-0.39, 0.29) is 59.0 Å². The Morgan fingerprint density at radius 1 is 0.333 bits per heavy atom. The van der Waals surface area contributed by atoms with Crippen LogP contribution in [0.25, 0.3) is 0 Å². The van der Waals surface area contributed by atoms with Crippen LogP contribution >= 0.6 is 0 Å². The molecule has 71 valence electrons. The summed E-state index contributed by atoms with van der Waals surface area (Å²) < 4.78 is 0. The maximum absolute atomic E-state index is 0. The second-order valence-electron chi connectivity index (χ2n) is 0. The van der Waals surface area contributed by atoms with Crippen molar-refractivity contribution in [1.29, 1.82) is 0 Å². The Labute approximate surface area is 60.0 Å². The fraction of sp³-hybridized carbons (Fsp3) is 0. The molecule has 0 aromatic heterocycles. The van der Waals surface area contributed by atoms with Gasteiger partial charge in [-0.3, -0.25) is 0 Å². The van der Waals surface area contributed by atoms with E-state index < -0.39 is 0 Å². The third-order valence-electron chi connectivity index (χ3n) is 0. The summed E-state index contributed by atoms with van der Waals surface area (Å²) in [6.45, 7) is 0. The fourth-order valence-corrected chi connectivity index (χ4v) is 0. The van der Waals surface area contributed by atoms with E-state index in [2.05, 4.69) is 0 Å². The minimum atomic E-state index is 0. The van der Waals surface area contributed by atoms with Gasteiger partial charge in [0.05, 0.1) is 0 Å². The minimum Gasteiger partial charge on any atom is -1.00 e. The first-order chi connectivity index (χ1) is 0. The summed E-state index contributed by atoms with van der Waals surface area (Å²) in [4.78, 5) is 0. The SMILES string of the molecule is O.O.O.O.O.O.[Co+2].[F-].[F-]. The molecule has 12 N–H and O–H groups in total. The normalized spacial score (nSPS) is 0. The van der Waals surface area contributed by atoms with Gasteiger partial charge >= 0.3 is 16.8 Å². The standard InChI is InChI=1S/Co.2FH.6H2O/h;2*1H;6*1H2/q+2;;;;;;;;/p-2. The molecule has 9 heteroatoms. The van der Waals surface area contributed by atoms with Crippen LogP contribution < -0.4 is 9.41 Å². The van der Waals surface area contributed by atoms with Crippen LogP contribution in [0.3, 0.4) is 0 Å². The average Bonchev–Trinajstić information content (AvgIpc) is 0. The molecule has 0 aliphatic rings. The summed E-state index contributed by atoms with van der Waals surface area (Å²) in [7, 11) is 0. The number of halogens is 2. The van der Waals surface area contributed by atoms with E-state index in [9.17, 15) is 0 Å². The van der Waals surface area contributed by atoms with Crippen LogP contribution in [0.4, 0.5) is 0 Å². The first-order valence-corrected chi connectivity index (χ1v) is 0. The first-order valence-electron chi connectivity index (χ1n) is 0. The maximum Gasteiger partial charge on any atom is 2.00 e. The molecule has 0 aromatic carbocycles. The molecule has 0 bridgehead atoms. The Morgan fingerprint density at radius 2 is 0.333 bits per heavy atom. The van der Waals surface area contributed by atoms with E-state index in [0.29, 0.717) is 0 Å². The zero-order valence-corrected chi connectivity index (χ0v) is 5.13. The van der Waals surface area contributed by atoms with E-state index in [1.165, 1.54) is 0 Å². The van der Waals surface area contributed by atoms with Crippen molar-refractivity contribution in [2.45, 2.75) is 0 Å². The second kappa shape index (κ2) is 25800. The van der Waals surface area contributed by atoms with Crippen LogP contribution in [0.1, 0.15) is 0 Å². The molecule has 0 rings (SSSR count). The first kappa shape index (κ1) is 37700. The van der Waals surface area contributed by atoms with Gasteiger partial charge in [0, 0.05) is 0 Å². The molecule has 1 radical (unpaired) electrons. The quantitative estimate of drug-likeness (QED) is 0.363. The van der Waals surface area contributed by atoms with Crippen molar-refractivity contribution in [3.8, 4) is 0 Å². The van der Waals surface area contributed by atoms with E-state index in [0.717, 1.165) is 0 Å². The van der Waals surface area contributed by atoms with Crippen LogP contribution in [-0.4, -0.2) is 32.9 Å². The molecule has 0 amide bonds. The zero-order valence-electron chi connectivity index (χ0n) is 4.09. The molecule has 9 heavy (non-hydrogen) atoms. The van der Waals surface area contributed by atoms with Crippen molar-refractivity contribution in [2.24, 2.45) is 0 Å². The van der Waals surface area contributed by atoms with Crippen LogP contribution in [0, 0.1) is 0 Å². The fourth-order valence-electron chi connectivity index (χ4n) is 0. The summed E-state index contributed by atoms with van der Waals surface area (Å²) in [5.41, 5.74) is 0. The van der Waals surface area contributed by atoms with E-state index in [4.69, 9.17) is 0 Å². The topological polar surface area (TPSA) is 189 Å². The molecule has 0 fully saturated rings. The van der Waals surface area contributed by atoms with Gasteiger partial charge < -0.3 is 42.3 Å². The summed E-state index contributed by atoms with van der Waals surface area (Å²) in [5, 5.41) is 0. The second-order valence-corrected chi connectivity index (χ2v) is 0. The van der Waals surface area contributed by atoms with Gasteiger partial charge in [-0.25, -0.2) is 0 Å². The van der Waals surface area contributed by atoms with Crippen molar-refractivity contribution in [2.75, 3.05) is 0 Å². The van der Waals surface area contributed by atoms with Crippen molar-refractivity contribution >= 4 is 0 Å². The molecule has 0 heterocycles. The van der Waals surface area contributed by atoms with Gasteiger partial charge in [-0.15, -0.1) is 0 Å². The van der Waals surface area contributed by atoms with Gasteiger partial charge in [-0.05, 0) is 0 Å². The Bertz CT molecular complexity index is 11.0. The Kier molecular flexibility index (Phi) is 108000000. The molecule has 6 nitrogen and oxygen atoms in total. The van der Waals surface area contributed by atoms with E-state index in [1.807, 2.05) is 0 Å². The summed E-state index contributed by atoms with van der Waals surface area (Å²) in [6, 6.07) is 0. The Balaban J connectivity index is 0. The van der Waals surface area contributed by atoms with Crippen molar-refractivity contribution < 1.29 is 59.0 Å². The molecule has 0 aliphatic carbocycles. The van der Waals surface area contributed by atoms with Crippen molar-refractivity contribution in [3.63, 3.8) is 0 Å². The van der Waals surface area contributed by atoms with Crippen LogP contribution in [0.2, 0.25) is 0 Å². The predicted molar refractivity (Wildman–Crippen MR) is 21.7 cm³/mol. The van der Waals surface area contributed by atoms with Crippen LogP contribution in [0.15, 0.2) is 0 Å². The number of hydrogen-bond acceptors (Lipinski definition) is 0. The van der Waals surface area contributed by atoms with Gasteiger partial charge in [-0.1, -0.05) is 0 Å². The smallest absolute Gasteiger partial charge is 1.00 e. The van der Waals surface area contributed by atoms with Crippen LogP contribution in [0.5, 0.6) is 0 Å². The Hall–Kier alpha value is 0.126. The molecule has 0 saturated carbocycles. The van der Waals surface area contributed by atoms with Gasteiger partial charge in [0.2, 0.25) is 0 Å². The maximum atomic E-state index is 0. The zero-order chi connectivity index (χ0) is 0. The predicted octanol–water partition coefficient (Wildman–Crippen LogP) is -10.9.